The normalized spacial score (nSPS) is 12.3. The van der Waals surface area contributed by atoms with Crippen LogP contribution in [0.5, 0.6) is 0 Å². The zero-order chi connectivity index (χ0) is 22.3. The number of benzene rings is 2. The second kappa shape index (κ2) is 10.7. The molecular formula is C25H34N2O2S. The lowest BCUT2D eigenvalue weighted by atomic mass is 10.1. The van der Waals surface area contributed by atoms with Gasteiger partial charge in [-0.2, -0.15) is 0 Å². The zero-order valence-corrected chi connectivity index (χ0v) is 19.8. The number of hydrogen-bond donors (Lipinski definition) is 1. The maximum Gasteiger partial charge on any atom is 0.242 e. The van der Waals surface area contributed by atoms with Crippen molar-refractivity contribution in [3.63, 3.8) is 0 Å². The summed E-state index contributed by atoms with van der Waals surface area (Å²) in [6.07, 6.45) is 0. The summed E-state index contributed by atoms with van der Waals surface area (Å²) in [4.78, 5) is 27.7. The van der Waals surface area contributed by atoms with Gasteiger partial charge in [-0.25, -0.2) is 0 Å². The predicted octanol–water partition coefficient (Wildman–Crippen LogP) is 4.87. The number of amides is 2. The van der Waals surface area contributed by atoms with Crippen molar-refractivity contribution in [1.82, 2.24) is 10.2 Å². The molecule has 4 nitrogen and oxygen atoms in total. The minimum atomic E-state index is -0.546. The Kier molecular flexibility index (Phi) is 8.54. The molecule has 1 atom stereocenters. The van der Waals surface area contributed by atoms with Gasteiger partial charge in [0, 0.05) is 17.8 Å². The van der Waals surface area contributed by atoms with E-state index in [-0.39, 0.29) is 17.4 Å². The fraction of sp³-hybridized carbons (Fsp3) is 0.440. The van der Waals surface area contributed by atoms with Gasteiger partial charge in [-0.3, -0.25) is 9.59 Å². The van der Waals surface area contributed by atoms with E-state index in [0.29, 0.717) is 12.3 Å². The third-order valence-electron chi connectivity index (χ3n) is 5.01. The summed E-state index contributed by atoms with van der Waals surface area (Å²) in [6, 6.07) is 15.7. The third-order valence-corrected chi connectivity index (χ3v) is 5.98. The number of rotatable bonds is 8. The van der Waals surface area contributed by atoms with E-state index in [9.17, 15) is 9.59 Å². The number of carbonyl (C=O) groups is 2. The van der Waals surface area contributed by atoms with Crippen LogP contribution >= 0.6 is 11.8 Å². The van der Waals surface area contributed by atoms with E-state index in [4.69, 9.17) is 0 Å². The summed E-state index contributed by atoms with van der Waals surface area (Å²) in [5.41, 5.74) is 4.30. The highest BCUT2D eigenvalue weighted by molar-refractivity contribution is 7.99. The first-order valence-corrected chi connectivity index (χ1v) is 11.5. The number of hydrogen-bond acceptors (Lipinski definition) is 3. The van der Waals surface area contributed by atoms with Crippen LogP contribution in [-0.2, 0) is 21.9 Å². The smallest absolute Gasteiger partial charge is 0.242 e. The van der Waals surface area contributed by atoms with Crippen LogP contribution < -0.4 is 5.32 Å². The molecule has 0 aliphatic rings. The molecule has 1 N–H and O–H groups in total. The summed E-state index contributed by atoms with van der Waals surface area (Å²) in [7, 11) is 0. The molecule has 0 fully saturated rings. The molecule has 0 aliphatic heterocycles. The molecule has 2 aromatic rings. The van der Waals surface area contributed by atoms with Crippen molar-refractivity contribution in [1.29, 1.82) is 0 Å². The van der Waals surface area contributed by atoms with E-state index in [1.165, 1.54) is 11.1 Å². The average molecular weight is 427 g/mol. The van der Waals surface area contributed by atoms with E-state index in [0.717, 1.165) is 16.9 Å². The summed E-state index contributed by atoms with van der Waals surface area (Å²) in [6.45, 7) is 12.2. The number of aryl methyl sites for hydroxylation is 2. The van der Waals surface area contributed by atoms with Crippen LogP contribution in [0.25, 0.3) is 0 Å². The van der Waals surface area contributed by atoms with E-state index in [1.807, 2.05) is 71.0 Å². The molecule has 0 spiro atoms. The molecule has 0 saturated heterocycles. The molecule has 0 aromatic heterocycles. The van der Waals surface area contributed by atoms with E-state index < -0.39 is 6.04 Å². The van der Waals surface area contributed by atoms with Crippen molar-refractivity contribution in [2.75, 3.05) is 5.75 Å². The van der Waals surface area contributed by atoms with Gasteiger partial charge >= 0.3 is 0 Å². The highest BCUT2D eigenvalue weighted by atomic mass is 32.2. The van der Waals surface area contributed by atoms with Crippen LogP contribution in [-0.4, -0.2) is 34.0 Å². The largest absolute Gasteiger partial charge is 0.350 e. The third kappa shape index (κ3) is 7.21. The lowest BCUT2D eigenvalue weighted by Crippen LogP contribution is -2.52. The van der Waals surface area contributed by atoms with Crippen LogP contribution in [0, 0.1) is 13.8 Å². The Hall–Kier alpha value is -2.27. The Balaban J connectivity index is 2.13. The van der Waals surface area contributed by atoms with Gasteiger partial charge in [0.15, 0.2) is 0 Å². The van der Waals surface area contributed by atoms with Gasteiger partial charge in [-0.15, -0.1) is 11.8 Å². The maximum absolute atomic E-state index is 13.2. The number of thioether (sulfide) groups is 1. The van der Waals surface area contributed by atoms with Gasteiger partial charge in [-0.05, 0) is 63.8 Å². The summed E-state index contributed by atoms with van der Waals surface area (Å²) < 4.78 is 0. The molecule has 0 bridgehead atoms. The first kappa shape index (κ1) is 24.0. The Labute approximate surface area is 185 Å². The second-order valence-corrected chi connectivity index (χ2v) is 9.77. The van der Waals surface area contributed by atoms with Crippen LogP contribution in [0.4, 0.5) is 0 Å². The Morgan fingerprint density at radius 3 is 2.03 bits per heavy atom. The van der Waals surface area contributed by atoms with Gasteiger partial charge in [-0.1, -0.05) is 48.5 Å². The molecule has 162 valence electrons. The van der Waals surface area contributed by atoms with Crippen LogP contribution in [0.2, 0.25) is 0 Å². The van der Waals surface area contributed by atoms with Crippen molar-refractivity contribution >= 4 is 23.6 Å². The Morgan fingerprint density at radius 2 is 1.50 bits per heavy atom. The van der Waals surface area contributed by atoms with Gasteiger partial charge in [0.25, 0.3) is 0 Å². The molecule has 5 heteroatoms. The van der Waals surface area contributed by atoms with Gasteiger partial charge in [0.2, 0.25) is 11.8 Å². The molecule has 30 heavy (non-hydrogen) atoms. The van der Waals surface area contributed by atoms with Crippen LogP contribution in [0.15, 0.2) is 48.5 Å². The van der Waals surface area contributed by atoms with Crippen LogP contribution in [0.3, 0.4) is 0 Å². The summed E-state index contributed by atoms with van der Waals surface area (Å²) in [5.74, 6) is 0.966. The van der Waals surface area contributed by atoms with Gasteiger partial charge in [0.05, 0.1) is 5.75 Å². The quantitative estimate of drug-likeness (QED) is 0.655. The molecule has 0 radical (unpaired) electrons. The highest BCUT2D eigenvalue weighted by Crippen LogP contribution is 2.19. The standard InChI is InChI=1S/C25H34N2O2S/c1-18-11-7-9-13-21(18)15-27(20(3)24(29)26-25(4,5)6)23(28)17-30-16-22-14-10-8-12-19(22)2/h7-14,20H,15-17H2,1-6H3,(H,26,29)/t20-/m1/s1. The number of nitrogens with zero attached hydrogens (tertiary/aromatic N) is 1. The van der Waals surface area contributed by atoms with Crippen molar-refractivity contribution in [2.45, 2.75) is 65.4 Å². The summed E-state index contributed by atoms with van der Waals surface area (Å²) >= 11 is 1.59. The molecule has 0 unspecified atom stereocenters. The summed E-state index contributed by atoms with van der Waals surface area (Å²) in [5, 5.41) is 3.00. The monoisotopic (exact) mass is 426 g/mol. The molecular weight excluding hydrogens is 392 g/mol. The predicted molar refractivity (Wildman–Crippen MR) is 126 cm³/mol. The lowest BCUT2D eigenvalue weighted by Gasteiger charge is -2.31. The molecule has 0 saturated carbocycles. The first-order valence-electron chi connectivity index (χ1n) is 10.4. The topological polar surface area (TPSA) is 49.4 Å². The second-order valence-electron chi connectivity index (χ2n) is 8.78. The number of carbonyl (C=O) groups excluding carboxylic acids is 2. The van der Waals surface area contributed by atoms with Crippen molar-refractivity contribution in [3.05, 3.63) is 70.8 Å². The van der Waals surface area contributed by atoms with E-state index in [2.05, 4.69) is 24.4 Å². The van der Waals surface area contributed by atoms with Crippen molar-refractivity contribution in [2.24, 2.45) is 0 Å². The maximum atomic E-state index is 13.2. The zero-order valence-electron chi connectivity index (χ0n) is 19.0. The van der Waals surface area contributed by atoms with Crippen LogP contribution in [0.1, 0.15) is 49.9 Å². The number of nitrogens with one attached hydrogen (secondary N) is 1. The molecule has 2 aromatic carbocycles. The first-order chi connectivity index (χ1) is 14.1. The highest BCUT2D eigenvalue weighted by Gasteiger charge is 2.28. The van der Waals surface area contributed by atoms with Crippen molar-refractivity contribution < 1.29 is 9.59 Å². The molecule has 0 heterocycles. The van der Waals surface area contributed by atoms with E-state index in [1.54, 1.807) is 16.7 Å². The minimum absolute atomic E-state index is 0.0200. The molecule has 0 aliphatic carbocycles. The lowest BCUT2D eigenvalue weighted by molar-refractivity contribution is -0.139. The minimum Gasteiger partial charge on any atom is -0.350 e. The van der Waals surface area contributed by atoms with Crippen molar-refractivity contribution in [3.8, 4) is 0 Å². The molecule has 2 rings (SSSR count). The van der Waals surface area contributed by atoms with Gasteiger partial charge in [0.1, 0.15) is 6.04 Å². The van der Waals surface area contributed by atoms with E-state index >= 15 is 0 Å². The fourth-order valence-electron chi connectivity index (χ4n) is 3.13. The van der Waals surface area contributed by atoms with Gasteiger partial charge < -0.3 is 10.2 Å². The Morgan fingerprint density at radius 1 is 0.967 bits per heavy atom. The Bertz CT molecular complexity index is 873. The molecule has 2 amide bonds. The SMILES string of the molecule is Cc1ccccc1CSCC(=O)N(Cc1ccccc1C)[C@H](C)C(=O)NC(C)(C)C. The fourth-order valence-corrected chi connectivity index (χ4v) is 4.12. The average Bonchev–Trinajstić information content (AvgIpc) is 2.67.